The normalized spacial score (nSPS) is 12.5. The maximum Gasteiger partial charge on any atom is 0.243 e. The lowest BCUT2D eigenvalue weighted by molar-refractivity contribution is -0.141. The third-order valence-electron chi connectivity index (χ3n) is 6.07. The summed E-state index contributed by atoms with van der Waals surface area (Å²) in [6.45, 7) is 6.50. The molecule has 0 unspecified atom stereocenters. The molecule has 0 aliphatic heterocycles. The van der Waals surface area contributed by atoms with Crippen molar-refractivity contribution in [1.82, 2.24) is 10.2 Å². The highest BCUT2D eigenvalue weighted by Gasteiger charge is 2.30. The minimum atomic E-state index is -0.582. The summed E-state index contributed by atoms with van der Waals surface area (Å²) in [5, 5.41) is 3.12. The highest BCUT2D eigenvalue weighted by atomic mass is 32.2. The Morgan fingerprint density at radius 1 is 0.886 bits per heavy atom. The summed E-state index contributed by atoms with van der Waals surface area (Å²) in [6, 6.07) is 27.7. The van der Waals surface area contributed by atoms with Gasteiger partial charge in [0.2, 0.25) is 11.8 Å². The fourth-order valence-electron chi connectivity index (χ4n) is 3.80. The first-order chi connectivity index (χ1) is 17.0. The lowest BCUT2D eigenvalue weighted by Gasteiger charge is -2.32. The van der Waals surface area contributed by atoms with E-state index in [-0.39, 0.29) is 17.9 Å². The molecule has 4 nitrogen and oxygen atoms in total. The third-order valence-corrected chi connectivity index (χ3v) is 7.09. The summed E-state index contributed by atoms with van der Waals surface area (Å²) in [5.41, 5.74) is 3.23. The van der Waals surface area contributed by atoms with Gasteiger partial charge < -0.3 is 10.2 Å². The smallest absolute Gasteiger partial charge is 0.243 e. The summed E-state index contributed by atoms with van der Waals surface area (Å²) in [7, 11) is 0. The Labute approximate surface area is 214 Å². The van der Waals surface area contributed by atoms with Crippen molar-refractivity contribution in [2.45, 2.75) is 63.6 Å². The van der Waals surface area contributed by atoms with Crippen molar-refractivity contribution in [2.75, 3.05) is 5.75 Å². The van der Waals surface area contributed by atoms with Gasteiger partial charge in [0, 0.05) is 36.1 Å². The number of benzene rings is 3. The van der Waals surface area contributed by atoms with E-state index in [1.807, 2.05) is 81.4 Å². The van der Waals surface area contributed by atoms with E-state index in [0.717, 1.165) is 22.4 Å². The fourth-order valence-corrected chi connectivity index (χ4v) is 4.66. The highest BCUT2D eigenvalue weighted by molar-refractivity contribution is 7.99. The first kappa shape index (κ1) is 26.6. The van der Waals surface area contributed by atoms with Gasteiger partial charge in [-0.05, 0) is 43.5 Å². The Hall–Kier alpha value is -3.05. The minimum Gasteiger partial charge on any atom is -0.352 e. The topological polar surface area (TPSA) is 49.4 Å². The second kappa shape index (κ2) is 13.7. The Bertz CT molecular complexity index is 1050. The highest BCUT2D eigenvalue weighted by Crippen LogP contribution is 2.21. The lowest BCUT2D eigenvalue weighted by Crippen LogP contribution is -2.52. The standard InChI is InChI=1S/C30H36N2O2S/c1-4-24(3)31-30(34)28(21-25-11-7-5-8-12-25)32(22-26-17-15-23(2)16-18-26)29(33)19-20-35-27-13-9-6-10-14-27/h5-18,24,28H,4,19-22H2,1-3H3,(H,31,34)/t24-,28+/m0/s1. The zero-order valence-corrected chi connectivity index (χ0v) is 21.8. The van der Waals surface area contributed by atoms with Crippen LogP contribution in [0.5, 0.6) is 0 Å². The molecular weight excluding hydrogens is 452 g/mol. The van der Waals surface area contributed by atoms with Crippen LogP contribution in [0.25, 0.3) is 0 Å². The number of hydrogen-bond donors (Lipinski definition) is 1. The molecule has 3 aromatic rings. The van der Waals surface area contributed by atoms with Gasteiger partial charge in [-0.1, -0.05) is 85.3 Å². The Morgan fingerprint density at radius 2 is 1.51 bits per heavy atom. The van der Waals surface area contributed by atoms with Crippen LogP contribution < -0.4 is 5.32 Å². The van der Waals surface area contributed by atoms with E-state index in [1.54, 1.807) is 16.7 Å². The van der Waals surface area contributed by atoms with Crippen LogP contribution in [0.15, 0.2) is 89.8 Å². The summed E-state index contributed by atoms with van der Waals surface area (Å²) in [4.78, 5) is 30.0. The van der Waals surface area contributed by atoms with Crippen molar-refractivity contribution in [2.24, 2.45) is 0 Å². The van der Waals surface area contributed by atoms with Gasteiger partial charge in [0.1, 0.15) is 6.04 Å². The molecule has 3 aromatic carbocycles. The molecule has 5 heteroatoms. The SMILES string of the molecule is CC[C@H](C)NC(=O)[C@@H](Cc1ccccc1)N(Cc1ccc(C)cc1)C(=O)CCSc1ccccc1. The molecule has 2 atom stereocenters. The van der Waals surface area contributed by atoms with E-state index >= 15 is 0 Å². The van der Waals surface area contributed by atoms with Crippen LogP contribution in [0.2, 0.25) is 0 Å². The second-order valence-electron chi connectivity index (χ2n) is 8.94. The molecule has 1 N–H and O–H groups in total. The number of carbonyl (C=O) groups is 2. The minimum absolute atomic E-state index is 0.00533. The van der Waals surface area contributed by atoms with E-state index in [0.29, 0.717) is 25.1 Å². The Balaban J connectivity index is 1.85. The molecule has 0 saturated heterocycles. The number of nitrogens with one attached hydrogen (secondary N) is 1. The molecule has 35 heavy (non-hydrogen) atoms. The predicted molar refractivity (Wildman–Crippen MR) is 145 cm³/mol. The van der Waals surface area contributed by atoms with Gasteiger partial charge in [0.05, 0.1) is 0 Å². The number of thioether (sulfide) groups is 1. The zero-order valence-electron chi connectivity index (χ0n) is 20.9. The van der Waals surface area contributed by atoms with Crippen LogP contribution in [-0.2, 0) is 22.6 Å². The molecule has 0 heterocycles. The van der Waals surface area contributed by atoms with Gasteiger partial charge in [-0.3, -0.25) is 9.59 Å². The summed E-state index contributed by atoms with van der Waals surface area (Å²) < 4.78 is 0. The fraction of sp³-hybridized carbons (Fsp3) is 0.333. The number of nitrogens with zero attached hydrogens (tertiary/aromatic N) is 1. The number of aryl methyl sites for hydroxylation is 1. The Kier molecular flexibility index (Phi) is 10.4. The molecule has 3 rings (SSSR count). The van der Waals surface area contributed by atoms with Crippen LogP contribution in [0.4, 0.5) is 0 Å². The van der Waals surface area contributed by atoms with E-state index in [9.17, 15) is 9.59 Å². The van der Waals surface area contributed by atoms with Crippen molar-refractivity contribution in [3.05, 3.63) is 102 Å². The van der Waals surface area contributed by atoms with E-state index in [1.165, 1.54) is 5.56 Å². The maximum absolute atomic E-state index is 13.6. The molecule has 0 radical (unpaired) electrons. The van der Waals surface area contributed by atoms with E-state index in [4.69, 9.17) is 0 Å². The van der Waals surface area contributed by atoms with Crippen LogP contribution >= 0.6 is 11.8 Å². The molecule has 0 fully saturated rings. The first-order valence-corrected chi connectivity index (χ1v) is 13.3. The third kappa shape index (κ3) is 8.59. The van der Waals surface area contributed by atoms with Crippen molar-refractivity contribution >= 4 is 23.6 Å². The van der Waals surface area contributed by atoms with Gasteiger partial charge in [-0.2, -0.15) is 0 Å². The molecule has 184 valence electrons. The molecule has 0 bridgehead atoms. The molecule has 0 aliphatic carbocycles. The van der Waals surface area contributed by atoms with Gasteiger partial charge in [-0.25, -0.2) is 0 Å². The summed E-state index contributed by atoms with van der Waals surface area (Å²) >= 11 is 1.66. The van der Waals surface area contributed by atoms with E-state index < -0.39 is 6.04 Å². The molecular formula is C30H36N2O2S. The van der Waals surface area contributed by atoms with Crippen molar-refractivity contribution in [3.8, 4) is 0 Å². The predicted octanol–water partition coefficient (Wildman–Crippen LogP) is 6.03. The van der Waals surface area contributed by atoms with Gasteiger partial charge >= 0.3 is 0 Å². The number of rotatable bonds is 12. The molecule has 0 aliphatic rings. The molecule has 0 spiro atoms. The number of carbonyl (C=O) groups excluding carboxylic acids is 2. The molecule has 0 saturated carbocycles. The van der Waals surface area contributed by atoms with Gasteiger partial charge in [0.25, 0.3) is 0 Å². The zero-order chi connectivity index (χ0) is 25.0. The maximum atomic E-state index is 13.6. The first-order valence-electron chi connectivity index (χ1n) is 12.3. The number of amides is 2. The average Bonchev–Trinajstić information content (AvgIpc) is 2.88. The molecule has 2 amide bonds. The van der Waals surface area contributed by atoms with Crippen LogP contribution in [0.1, 0.15) is 43.4 Å². The van der Waals surface area contributed by atoms with Crippen molar-refractivity contribution in [1.29, 1.82) is 0 Å². The summed E-state index contributed by atoms with van der Waals surface area (Å²) in [5.74, 6) is 0.562. The second-order valence-corrected chi connectivity index (χ2v) is 10.1. The van der Waals surface area contributed by atoms with Gasteiger partial charge in [0.15, 0.2) is 0 Å². The molecule has 0 aromatic heterocycles. The van der Waals surface area contributed by atoms with Crippen LogP contribution in [0.3, 0.4) is 0 Å². The number of hydrogen-bond acceptors (Lipinski definition) is 3. The van der Waals surface area contributed by atoms with Gasteiger partial charge in [-0.15, -0.1) is 11.8 Å². The Morgan fingerprint density at radius 3 is 2.14 bits per heavy atom. The van der Waals surface area contributed by atoms with Crippen molar-refractivity contribution in [3.63, 3.8) is 0 Å². The average molecular weight is 489 g/mol. The quantitative estimate of drug-likeness (QED) is 0.317. The van der Waals surface area contributed by atoms with Crippen molar-refractivity contribution < 1.29 is 9.59 Å². The van der Waals surface area contributed by atoms with Crippen LogP contribution in [-0.4, -0.2) is 34.6 Å². The monoisotopic (exact) mass is 488 g/mol. The lowest BCUT2D eigenvalue weighted by atomic mass is 10.0. The van der Waals surface area contributed by atoms with E-state index in [2.05, 4.69) is 29.6 Å². The summed E-state index contributed by atoms with van der Waals surface area (Å²) in [6.07, 6.45) is 1.68. The van der Waals surface area contributed by atoms with Crippen LogP contribution in [0, 0.1) is 6.92 Å². The largest absolute Gasteiger partial charge is 0.352 e.